The number of nitrogens with one attached hydrogen (secondary N) is 1. The molecular weight excluding hydrogens is 336 g/mol. The molecule has 0 saturated heterocycles. The number of ether oxygens (including phenoxy) is 1. The highest BCUT2D eigenvalue weighted by molar-refractivity contribution is 6.08. The summed E-state index contributed by atoms with van der Waals surface area (Å²) in [7, 11) is 1.50. The Labute approximate surface area is 151 Å². The van der Waals surface area contributed by atoms with E-state index in [1.54, 1.807) is 12.1 Å². The molecule has 0 bridgehead atoms. The highest BCUT2D eigenvalue weighted by Gasteiger charge is 2.25. The maximum absolute atomic E-state index is 13.1. The van der Waals surface area contributed by atoms with Crippen LogP contribution in [0.3, 0.4) is 0 Å². The second-order valence-corrected chi connectivity index (χ2v) is 5.91. The number of aromatic amines is 1. The molecule has 26 heavy (non-hydrogen) atoms. The summed E-state index contributed by atoms with van der Waals surface area (Å²) in [6.07, 6.45) is 0.652. The lowest BCUT2D eigenvalue weighted by Gasteiger charge is -2.25. The Morgan fingerprint density at radius 2 is 2.00 bits per heavy atom. The third kappa shape index (κ3) is 3.85. The quantitative estimate of drug-likeness (QED) is 0.769. The van der Waals surface area contributed by atoms with Crippen molar-refractivity contribution in [3.8, 4) is 0 Å². The number of aryl methyl sites for hydroxylation is 1. The molecule has 0 spiro atoms. The van der Waals surface area contributed by atoms with E-state index >= 15 is 0 Å². The first kappa shape index (κ1) is 19.5. The van der Waals surface area contributed by atoms with Crippen LogP contribution in [-0.4, -0.2) is 35.7 Å². The van der Waals surface area contributed by atoms with Crippen LogP contribution in [0.15, 0.2) is 33.9 Å². The molecular formula is C18H24N4O4. The normalized spacial score (nSPS) is 10.7. The number of carbonyl (C=O) groups excluding carboxylic acids is 1. The maximum atomic E-state index is 13.1. The van der Waals surface area contributed by atoms with E-state index in [0.717, 1.165) is 5.56 Å². The highest BCUT2D eigenvalue weighted by atomic mass is 16.5. The van der Waals surface area contributed by atoms with Crippen molar-refractivity contribution in [2.45, 2.75) is 26.8 Å². The minimum Gasteiger partial charge on any atom is -0.383 e. The summed E-state index contributed by atoms with van der Waals surface area (Å²) in [6.45, 7) is 4.38. The zero-order valence-electron chi connectivity index (χ0n) is 15.2. The fraction of sp³-hybridized carbons (Fsp3) is 0.389. The van der Waals surface area contributed by atoms with E-state index in [1.807, 2.05) is 26.0 Å². The number of anilines is 2. The molecule has 0 aliphatic carbocycles. The van der Waals surface area contributed by atoms with Crippen molar-refractivity contribution in [2.75, 3.05) is 30.9 Å². The molecule has 3 N–H and O–H groups in total. The number of aromatic nitrogens is 2. The van der Waals surface area contributed by atoms with Crippen molar-refractivity contribution >= 4 is 17.4 Å². The summed E-state index contributed by atoms with van der Waals surface area (Å²) >= 11 is 0. The van der Waals surface area contributed by atoms with Crippen molar-refractivity contribution in [1.29, 1.82) is 0 Å². The number of hydrogen-bond acceptors (Lipinski definition) is 5. The summed E-state index contributed by atoms with van der Waals surface area (Å²) in [5.41, 5.74) is 6.01. The fourth-order valence-corrected chi connectivity index (χ4v) is 2.74. The second kappa shape index (κ2) is 8.48. The largest absolute Gasteiger partial charge is 0.383 e. The summed E-state index contributed by atoms with van der Waals surface area (Å²) in [5.74, 6) is -0.405. The Morgan fingerprint density at radius 3 is 2.62 bits per heavy atom. The summed E-state index contributed by atoms with van der Waals surface area (Å²) in [5, 5.41) is 0. The molecule has 8 nitrogen and oxygen atoms in total. The van der Waals surface area contributed by atoms with Crippen LogP contribution in [0, 0.1) is 6.92 Å². The lowest BCUT2D eigenvalue weighted by molar-refractivity contribution is 0.0975. The van der Waals surface area contributed by atoms with Crippen LogP contribution in [0.5, 0.6) is 0 Å². The number of rotatable bonds is 7. The van der Waals surface area contributed by atoms with Gasteiger partial charge in [-0.05, 0) is 25.0 Å². The molecule has 2 aromatic rings. The van der Waals surface area contributed by atoms with E-state index < -0.39 is 11.2 Å². The predicted octanol–water partition coefficient (Wildman–Crippen LogP) is 1.13. The molecule has 0 fully saturated rings. The van der Waals surface area contributed by atoms with Gasteiger partial charge in [0.2, 0.25) is 0 Å². The number of carbonyl (C=O) groups is 1. The average Bonchev–Trinajstić information content (AvgIpc) is 2.61. The Bertz CT molecular complexity index is 901. The zero-order valence-corrected chi connectivity index (χ0v) is 15.2. The van der Waals surface area contributed by atoms with Gasteiger partial charge < -0.3 is 10.5 Å². The minimum atomic E-state index is -0.696. The van der Waals surface area contributed by atoms with Gasteiger partial charge in [0.15, 0.2) is 5.69 Å². The first-order chi connectivity index (χ1) is 12.4. The van der Waals surface area contributed by atoms with Crippen molar-refractivity contribution in [3.05, 3.63) is 56.2 Å². The topological polar surface area (TPSA) is 110 Å². The number of nitrogens with zero attached hydrogens (tertiary/aromatic N) is 2. The molecule has 1 aromatic heterocycles. The monoisotopic (exact) mass is 360 g/mol. The summed E-state index contributed by atoms with van der Waals surface area (Å²) in [4.78, 5) is 41.1. The van der Waals surface area contributed by atoms with E-state index in [-0.39, 0.29) is 30.6 Å². The van der Waals surface area contributed by atoms with Crippen LogP contribution >= 0.6 is 0 Å². The lowest BCUT2D eigenvalue weighted by Crippen LogP contribution is -2.42. The Balaban J connectivity index is 2.63. The molecule has 8 heteroatoms. The highest BCUT2D eigenvalue weighted by Crippen LogP contribution is 2.20. The lowest BCUT2D eigenvalue weighted by atomic mass is 10.1. The fourth-order valence-electron chi connectivity index (χ4n) is 2.74. The molecule has 1 aromatic carbocycles. The van der Waals surface area contributed by atoms with E-state index in [4.69, 9.17) is 10.5 Å². The molecule has 1 amide bonds. The zero-order chi connectivity index (χ0) is 19.3. The van der Waals surface area contributed by atoms with Crippen molar-refractivity contribution in [2.24, 2.45) is 0 Å². The second-order valence-electron chi connectivity index (χ2n) is 5.91. The van der Waals surface area contributed by atoms with E-state index in [9.17, 15) is 14.4 Å². The van der Waals surface area contributed by atoms with E-state index in [1.165, 1.54) is 16.6 Å². The van der Waals surface area contributed by atoms with Crippen LogP contribution in [0.25, 0.3) is 0 Å². The van der Waals surface area contributed by atoms with Gasteiger partial charge in [0.05, 0.1) is 6.61 Å². The van der Waals surface area contributed by atoms with Gasteiger partial charge in [-0.25, -0.2) is 4.79 Å². The summed E-state index contributed by atoms with van der Waals surface area (Å²) < 4.78 is 6.34. The Kier molecular flexibility index (Phi) is 6.35. The summed E-state index contributed by atoms with van der Waals surface area (Å²) in [6, 6.07) is 7.08. The van der Waals surface area contributed by atoms with Gasteiger partial charge in [0.25, 0.3) is 11.5 Å². The molecule has 1 heterocycles. The number of methoxy groups -OCH3 is 1. The Morgan fingerprint density at radius 1 is 1.31 bits per heavy atom. The van der Waals surface area contributed by atoms with Crippen LogP contribution in [-0.2, 0) is 11.3 Å². The molecule has 0 aliphatic rings. The molecule has 0 unspecified atom stereocenters. The number of H-pyrrole nitrogens is 1. The number of nitrogen functional groups attached to an aromatic ring is 1. The van der Waals surface area contributed by atoms with E-state index in [2.05, 4.69) is 4.98 Å². The van der Waals surface area contributed by atoms with Gasteiger partial charge >= 0.3 is 5.69 Å². The molecule has 0 atom stereocenters. The number of nitrogens with two attached hydrogens (primary N) is 1. The average molecular weight is 360 g/mol. The van der Waals surface area contributed by atoms with E-state index in [0.29, 0.717) is 18.5 Å². The van der Waals surface area contributed by atoms with Gasteiger partial charge in [-0.1, -0.05) is 25.1 Å². The van der Waals surface area contributed by atoms with Crippen LogP contribution in [0.2, 0.25) is 0 Å². The molecule has 2 rings (SSSR count). The maximum Gasteiger partial charge on any atom is 0.330 e. The molecule has 0 radical (unpaired) electrons. The van der Waals surface area contributed by atoms with Crippen LogP contribution in [0.4, 0.5) is 11.5 Å². The minimum absolute atomic E-state index is 0.0290. The standard InChI is InChI=1S/C18H24N4O4/c1-4-9-22-15(19)14(16(23)20-18(22)25)21(10-11-26-3)17(24)13-8-6-5-7-12(13)2/h5-8H,4,9-11,19H2,1-3H3,(H,20,23,25). The van der Waals surface area contributed by atoms with Gasteiger partial charge in [-0.15, -0.1) is 0 Å². The first-order valence-electron chi connectivity index (χ1n) is 8.41. The van der Waals surface area contributed by atoms with Gasteiger partial charge in [-0.2, -0.15) is 0 Å². The van der Waals surface area contributed by atoms with Gasteiger partial charge in [0, 0.05) is 25.8 Å². The van der Waals surface area contributed by atoms with Crippen molar-refractivity contribution < 1.29 is 9.53 Å². The number of benzene rings is 1. The molecule has 0 saturated carbocycles. The third-order valence-electron chi connectivity index (χ3n) is 4.07. The van der Waals surface area contributed by atoms with Gasteiger partial charge in [-0.3, -0.25) is 24.0 Å². The molecule has 0 aliphatic heterocycles. The first-order valence-corrected chi connectivity index (χ1v) is 8.41. The van der Waals surface area contributed by atoms with Crippen molar-refractivity contribution in [1.82, 2.24) is 9.55 Å². The Hall–Kier alpha value is -2.87. The third-order valence-corrected chi connectivity index (χ3v) is 4.07. The number of amides is 1. The van der Waals surface area contributed by atoms with Crippen LogP contribution < -0.4 is 21.9 Å². The van der Waals surface area contributed by atoms with Gasteiger partial charge in [0.1, 0.15) is 5.82 Å². The SMILES string of the molecule is CCCn1c(N)c(N(CCOC)C(=O)c2ccccc2C)c(=O)[nH]c1=O. The van der Waals surface area contributed by atoms with Crippen LogP contribution in [0.1, 0.15) is 29.3 Å². The predicted molar refractivity (Wildman–Crippen MR) is 101 cm³/mol. The number of hydrogen-bond donors (Lipinski definition) is 2. The smallest absolute Gasteiger partial charge is 0.330 e. The molecule has 140 valence electrons. The van der Waals surface area contributed by atoms with Crippen molar-refractivity contribution in [3.63, 3.8) is 0 Å².